The molecule has 0 aliphatic heterocycles. The zero-order chi connectivity index (χ0) is 13.1. The maximum Gasteiger partial charge on any atom is 0.255 e. The molecule has 0 radical (unpaired) electrons. The van der Waals surface area contributed by atoms with E-state index in [2.05, 4.69) is 0 Å². The average Bonchev–Trinajstić information content (AvgIpc) is 2.38. The molecule has 1 N–H and O–H groups in total. The summed E-state index contributed by atoms with van der Waals surface area (Å²) in [5, 5.41) is 10.4. The van der Waals surface area contributed by atoms with Gasteiger partial charge < -0.3 is 10.0 Å². The van der Waals surface area contributed by atoms with Gasteiger partial charge in [-0.2, -0.15) is 0 Å². The minimum absolute atomic E-state index is 0.0949. The van der Waals surface area contributed by atoms with Gasteiger partial charge in [-0.05, 0) is 25.0 Å². The van der Waals surface area contributed by atoms with E-state index in [9.17, 15) is 9.90 Å². The average molecular weight is 268 g/mol. The molecule has 1 aliphatic rings. The van der Waals surface area contributed by atoms with Crippen molar-refractivity contribution in [1.82, 2.24) is 4.90 Å². The number of carbonyl (C=O) groups is 1. The van der Waals surface area contributed by atoms with Crippen molar-refractivity contribution in [1.29, 1.82) is 0 Å². The van der Waals surface area contributed by atoms with Crippen LogP contribution in [0, 0.1) is 0 Å². The fraction of sp³-hybridized carbons (Fsp3) is 0.500. The molecule has 4 heteroatoms. The Bertz CT molecular complexity index is 436. The maximum absolute atomic E-state index is 12.3. The van der Waals surface area contributed by atoms with Gasteiger partial charge in [0.2, 0.25) is 0 Å². The molecule has 0 heterocycles. The third-order valence-electron chi connectivity index (χ3n) is 3.62. The minimum Gasteiger partial charge on any atom is -0.391 e. The van der Waals surface area contributed by atoms with Crippen molar-refractivity contribution in [3.63, 3.8) is 0 Å². The fourth-order valence-electron chi connectivity index (χ4n) is 2.52. The van der Waals surface area contributed by atoms with Crippen LogP contribution < -0.4 is 0 Å². The van der Waals surface area contributed by atoms with Gasteiger partial charge in [0.05, 0.1) is 22.7 Å². The highest BCUT2D eigenvalue weighted by molar-refractivity contribution is 6.33. The zero-order valence-electron chi connectivity index (χ0n) is 10.5. The van der Waals surface area contributed by atoms with Crippen LogP contribution in [-0.2, 0) is 0 Å². The number of halogens is 1. The van der Waals surface area contributed by atoms with E-state index in [1.807, 2.05) is 0 Å². The monoisotopic (exact) mass is 267 g/mol. The smallest absolute Gasteiger partial charge is 0.255 e. The second-order valence-electron chi connectivity index (χ2n) is 4.82. The van der Waals surface area contributed by atoms with E-state index in [0.29, 0.717) is 10.6 Å². The Morgan fingerprint density at radius 3 is 2.67 bits per heavy atom. The van der Waals surface area contributed by atoms with Crippen LogP contribution in [0.4, 0.5) is 0 Å². The molecule has 1 aromatic carbocycles. The third-order valence-corrected chi connectivity index (χ3v) is 3.95. The van der Waals surface area contributed by atoms with Crippen LogP contribution in [0.15, 0.2) is 24.3 Å². The molecule has 1 aromatic rings. The van der Waals surface area contributed by atoms with Crippen molar-refractivity contribution in [3.05, 3.63) is 34.9 Å². The number of carbonyl (C=O) groups excluding carboxylic acids is 1. The number of aliphatic hydroxyl groups excluding tert-OH is 1. The quantitative estimate of drug-likeness (QED) is 0.895. The third kappa shape index (κ3) is 2.68. The van der Waals surface area contributed by atoms with E-state index in [-0.39, 0.29) is 11.9 Å². The lowest BCUT2D eigenvalue weighted by Crippen LogP contribution is -2.46. The highest BCUT2D eigenvalue weighted by Gasteiger charge is 2.30. The number of rotatable bonds is 2. The largest absolute Gasteiger partial charge is 0.391 e. The molecule has 2 rings (SSSR count). The fourth-order valence-corrected chi connectivity index (χ4v) is 2.74. The predicted molar refractivity (Wildman–Crippen MR) is 71.8 cm³/mol. The predicted octanol–water partition coefficient (Wildman–Crippen LogP) is 2.72. The molecule has 98 valence electrons. The Hall–Kier alpha value is -1.06. The Balaban J connectivity index is 2.16. The first-order chi connectivity index (χ1) is 8.61. The molecule has 2 atom stereocenters. The molecule has 1 amide bonds. The van der Waals surface area contributed by atoms with Crippen LogP contribution >= 0.6 is 11.6 Å². The highest BCUT2D eigenvalue weighted by Crippen LogP contribution is 2.25. The number of hydrogen-bond donors (Lipinski definition) is 1. The first-order valence-corrected chi connectivity index (χ1v) is 6.69. The number of hydrogen-bond acceptors (Lipinski definition) is 2. The number of amides is 1. The van der Waals surface area contributed by atoms with Crippen LogP contribution in [0.5, 0.6) is 0 Å². The second-order valence-corrected chi connectivity index (χ2v) is 5.22. The van der Waals surface area contributed by atoms with Crippen molar-refractivity contribution >= 4 is 17.5 Å². The summed E-state index contributed by atoms with van der Waals surface area (Å²) in [5.41, 5.74) is 0.499. The Kier molecular flexibility index (Phi) is 4.25. The summed E-state index contributed by atoms with van der Waals surface area (Å²) in [6.45, 7) is 0. The molecule has 1 fully saturated rings. The van der Waals surface area contributed by atoms with Gasteiger partial charge in [-0.25, -0.2) is 0 Å². The highest BCUT2D eigenvalue weighted by atomic mass is 35.5. The van der Waals surface area contributed by atoms with E-state index in [1.54, 1.807) is 36.2 Å². The summed E-state index contributed by atoms with van der Waals surface area (Å²) < 4.78 is 0. The SMILES string of the molecule is CN(C(=O)c1ccccc1Cl)[C@@H]1CCCC[C@@H]1O. The molecule has 1 aliphatic carbocycles. The van der Waals surface area contributed by atoms with Crippen LogP contribution in [-0.4, -0.2) is 35.1 Å². The van der Waals surface area contributed by atoms with Gasteiger partial charge in [-0.1, -0.05) is 36.6 Å². The summed E-state index contributed by atoms with van der Waals surface area (Å²) >= 11 is 6.03. The van der Waals surface area contributed by atoms with Crippen LogP contribution in [0.1, 0.15) is 36.0 Å². The van der Waals surface area contributed by atoms with Gasteiger partial charge in [0.15, 0.2) is 0 Å². The lowest BCUT2D eigenvalue weighted by atomic mass is 9.91. The standard InChI is InChI=1S/C14H18ClNO2/c1-16(12-8-4-5-9-13(12)17)14(18)10-6-2-3-7-11(10)15/h2-3,6-7,12-13,17H,4-5,8-9H2,1H3/t12-,13+/m1/s1. The van der Waals surface area contributed by atoms with Crippen molar-refractivity contribution in [3.8, 4) is 0 Å². The molecule has 1 saturated carbocycles. The Morgan fingerprint density at radius 2 is 2.00 bits per heavy atom. The van der Waals surface area contributed by atoms with Gasteiger partial charge in [-0.3, -0.25) is 4.79 Å². The van der Waals surface area contributed by atoms with Crippen LogP contribution in [0.3, 0.4) is 0 Å². The number of likely N-dealkylation sites (N-methyl/N-ethyl adjacent to an activating group) is 1. The van der Waals surface area contributed by atoms with Crippen molar-refractivity contribution in [2.75, 3.05) is 7.05 Å². The molecule has 3 nitrogen and oxygen atoms in total. The van der Waals surface area contributed by atoms with Crippen molar-refractivity contribution in [2.24, 2.45) is 0 Å². The number of nitrogens with zero attached hydrogens (tertiary/aromatic N) is 1. The first-order valence-electron chi connectivity index (χ1n) is 6.31. The van der Waals surface area contributed by atoms with E-state index in [1.165, 1.54) is 0 Å². The molecule has 0 spiro atoms. The molecular weight excluding hydrogens is 250 g/mol. The minimum atomic E-state index is -0.421. The second kappa shape index (κ2) is 5.72. The van der Waals surface area contributed by atoms with E-state index in [4.69, 9.17) is 11.6 Å². The van der Waals surface area contributed by atoms with Crippen LogP contribution in [0.2, 0.25) is 5.02 Å². The lowest BCUT2D eigenvalue weighted by molar-refractivity contribution is 0.0268. The molecule has 0 aromatic heterocycles. The van der Waals surface area contributed by atoms with Gasteiger partial charge in [0.1, 0.15) is 0 Å². The molecule has 0 bridgehead atoms. The van der Waals surface area contributed by atoms with Crippen LogP contribution in [0.25, 0.3) is 0 Å². The van der Waals surface area contributed by atoms with Gasteiger partial charge in [-0.15, -0.1) is 0 Å². The van der Waals surface area contributed by atoms with E-state index in [0.717, 1.165) is 25.7 Å². The lowest BCUT2D eigenvalue weighted by Gasteiger charge is -2.35. The molecule has 18 heavy (non-hydrogen) atoms. The summed E-state index contributed by atoms with van der Waals surface area (Å²) in [4.78, 5) is 14.0. The molecule has 0 saturated heterocycles. The molecular formula is C14H18ClNO2. The van der Waals surface area contributed by atoms with E-state index >= 15 is 0 Å². The summed E-state index contributed by atoms with van der Waals surface area (Å²) in [6, 6.07) is 6.93. The number of benzene rings is 1. The summed E-state index contributed by atoms with van der Waals surface area (Å²) in [7, 11) is 1.74. The Morgan fingerprint density at radius 1 is 1.33 bits per heavy atom. The summed E-state index contributed by atoms with van der Waals surface area (Å²) in [5.74, 6) is -0.119. The van der Waals surface area contributed by atoms with Gasteiger partial charge in [0.25, 0.3) is 5.91 Å². The Labute approximate surface area is 112 Å². The summed E-state index contributed by atoms with van der Waals surface area (Å²) in [6.07, 6.45) is 3.29. The van der Waals surface area contributed by atoms with Gasteiger partial charge >= 0.3 is 0 Å². The first kappa shape index (κ1) is 13.4. The normalized spacial score (nSPS) is 23.7. The van der Waals surface area contributed by atoms with Gasteiger partial charge in [0, 0.05) is 7.05 Å². The van der Waals surface area contributed by atoms with E-state index < -0.39 is 6.10 Å². The number of aliphatic hydroxyl groups is 1. The van der Waals surface area contributed by atoms with Crippen molar-refractivity contribution in [2.45, 2.75) is 37.8 Å². The molecule has 0 unspecified atom stereocenters. The van der Waals surface area contributed by atoms with Crippen molar-refractivity contribution < 1.29 is 9.90 Å². The topological polar surface area (TPSA) is 40.5 Å². The zero-order valence-corrected chi connectivity index (χ0v) is 11.2. The maximum atomic E-state index is 12.3.